The van der Waals surface area contributed by atoms with Gasteiger partial charge in [-0.1, -0.05) is 6.08 Å². The van der Waals surface area contributed by atoms with Crippen LogP contribution in [0.1, 0.15) is 18.1 Å². The Balaban J connectivity index is 1.22. The van der Waals surface area contributed by atoms with Crippen LogP contribution < -0.4 is 16.0 Å². The number of alkyl halides is 3. The van der Waals surface area contributed by atoms with Crippen molar-refractivity contribution in [3.05, 3.63) is 47.8 Å². The van der Waals surface area contributed by atoms with Crippen molar-refractivity contribution in [1.82, 2.24) is 34.7 Å². The minimum absolute atomic E-state index is 0.0542. The van der Waals surface area contributed by atoms with Gasteiger partial charge >= 0.3 is 6.18 Å². The number of nitrogens with one attached hydrogen (secondary N) is 1. The predicted molar refractivity (Wildman–Crippen MR) is 151 cm³/mol. The molecule has 0 unspecified atom stereocenters. The Labute approximate surface area is 245 Å². The molecule has 0 aromatic carbocycles. The van der Waals surface area contributed by atoms with Crippen molar-refractivity contribution >= 4 is 29.0 Å². The number of ether oxygens (including phenoxy) is 1. The number of nitrogens with two attached hydrogens (primary N) is 1. The van der Waals surface area contributed by atoms with Crippen molar-refractivity contribution in [1.29, 1.82) is 0 Å². The normalized spacial score (nSPS) is 18.7. The smallest absolute Gasteiger partial charge is 0.384 e. The van der Waals surface area contributed by atoms with Gasteiger partial charge in [0.15, 0.2) is 11.6 Å². The molecule has 2 amide bonds. The third-order valence-electron chi connectivity index (χ3n) is 8.00. The van der Waals surface area contributed by atoms with Crippen LogP contribution in [0.5, 0.6) is 0 Å². The molecular formula is C28H32F3N9O3. The van der Waals surface area contributed by atoms with E-state index in [2.05, 4.69) is 25.3 Å². The lowest BCUT2D eigenvalue weighted by Gasteiger charge is -2.55. The summed E-state index contributed by atoms with van der Waals surface area (Å²) in [5.41, 5.74) is 6.06. The number of nitrogens with zero attached hydrogens (tertiary/aromatic N) is 7. The van der Waals surface area contributed by atoms with Crippen LogP contribution in [0.25, 0.3) is 16.9 Å². The molecule has 0 radical (unpaired) electrons. The van der Waals surface area contributed by atoms with E-state index in [1.807, 2.05) is 11.0 Å². The fourth-order valence-electron chi connectivity index (χ4n) is 5.74. The highest BCUT2D eigenvalue weighted by molar-refractivity contribution is 5.91. The second-order valence-corrected chi connectivity index (χ2v) is 11.3. The molecule has 3 fully saturated rings. The quantitative estimate of drug-likeness (QED) is 0.388. The summed E-state index contributed by atoms with van der Waals surface area (Å²) in [4.78, 5) is 38.6. The average molecular weight is 600 g/mol. The van der Waals surface area contributed by atoms with Crippen LogP contribution in [0.15, 0.2) is 36.7 Å². The molecule has 3 aliphatic rings. The molecule has 3 aliphatic heterocycles. The van der Waals surface area contributed by atoms with Crippen LogP contribution >= 0.6 is 0 Å². The van der Waals surface area contributed by atoms with Gasteiger partial charge in [-0.05, 0) is 30.7 Å². The van der Waals surface area contributed by atoms with Crippen LogP contribution in [0.4, 0.5) is 24.8 Å². The Bertz CT molecular complexity index is 1570. The number of aromatic nitrogens is 4. The summed E-state index contributed by atoms with van der Waals surface area (Å²) in [6.45, 7) is 7.22. The number of fused-ring (bicyclic) bond motifs is 1. The largest absolute Gasteiger partial charge is 0.417 e. The molecule has 1 spiro atoms. The van der Waals surface area contributed by atoms with E-state index >= 15 is 0 Å². The van der Waals surface area contributed by atoms with Crippen LogP contribution in [0.3, 0.4) is 0 Å². The molecule has 6 heterocycles. The Morgan fingerprint density at radius 1 is 1.16 bits per heavy atom. The van der Waals surface area contributed by atoms with Crippen molar-refractivity contribution in [2.75, 3.05) is 69.7 Å². The topological polar surface area (TPSA) is 134 Å². The van der Waals surface area contributed by atoms with Gasteiger partial charge in [-0.2, -0.15) is 13.2 Å². The Morgan fingerprint density at radius 2 is 1.91 bits per heavy atom. The number of carbonyl (C=O) groups is 2. The first-order chi connectivity index (χ1) is 20.5. The lowest BCUT2D eigenvalue weighted by atomic mass is 9.78. The molecule has 3 N–H and O–H groups in total. The number of nitrogen functional groups attached to an aromatic ring is 1. The minimum Gasteiger partial charge on any atom is -0.384 e. The summed E-state index contributed by atoms with van der Waals surface area (Å²) in [6.07, 6.45) is 1.18. The zero-order valence-corrected chi connectivity index (χ0v) is 23.6. The zero-order chi connectivity index (χ0) is 30.4. The first kappa shape index (κ1) is 28.9. The van der Waals surface area contributed by atoms with E-state index in [1.54, 1.807) is 28.6 Å². The molecule has 15 heteroatoms. The summed E-state index contributed by atoms with van der Waals surface area (Å²) in [5.74, 6) is -0.231. The summed E-state index contributed by atoms with van der Waals surface area (Å²) in [7, 11) is 0. The Morgan fingerprint density at radius 3 is 2.56 bits per heavy atom. The second kappa shape index (κ2) is 11.1. The van der Waals surface area contributed by atoms with E-state index in [0.29, 0.717) is 70.4 Å². The van der Waals surface area contributed by atoms with E-state index in [9.17, 15) is 22.8 Å². The van der Waals surface area contributed by atoms with Crippen molar-refractivity contribution in [2.24, 2.45) is 5.41 Å². The second-order valence-electron chi connectivity index (χ2n) is 11.3. The molecule has 0 bridgehead atoms. The van der Waals surface area contributed by atoms with Gasteiger partial charge < -0.3 is 25.6 Å². The number of anilines is 2. The maximum absolute atomic E-state index is 14.0. The van der Waals surface area contributed by atoms with E-state index in [-0.39, 0.29) is 41.0 Å². The van der Waals surface area contributed by atoms with E-state index in [4.69, 9.17) is 10.5 Å². The summed E-state index contributed by atoms with van der Waals surface area (Å²) < 4.78 is 48.8. The van der Waals surface area contributed by atoms with Crippen molar-refractivity contribution < 1.29 is 27.5 Å². The molecule has 3 saturated heterocycles. The number of carbonyl (C=O) groups excluding carboxylic acids is 2. The number of allylic oxidation sites excluding steroid dienone is 1. The molecule has 6 rings (SSSR count). The van der Waals surface area contributed by atoms with Crippen molar-refractivity contribution in [3.8, 4) is 11.4 Å². The van der Waals surface area contributed by atoms with Crippen molar-refractivity contribution in [2.45, 2.75) is 19.6 Å². The first-order valence-corrected chi connectivity index (χ1v) is 14.0. The van der Waals surface area contributed by atoms with Gasteiger partial charge in [0, 0.05) is 58.2 Å². The monoisotopic (exact) mass is 599 g/mol. The third kappa shape index (κ3) is 5.86. The van der Waals surface area contributed by atoms with Gasteiger partial charge in [-0.3, -0.25) is 14.5 Å². The van der Waals surface area contributed by atoms with Gasteiger partial charge in [0.25, 0.3) is 0 Å². The highest BCUT2D eigenvalue weighted by Crippen LogP contribution is 2.42. The van der Waals surface area contributed by atoms with E-state index in [0.717, 1.165) is 17.8 Å². The Hall–Kier alpha value is -4.24. The van der Waals surface area contributed by atoms with E-state index in [1.165, 1.54) is 6.08 Å². The van der Waals surface area contributed by atoms with Gasteiger partial charge in [0.1, 0.15) is 11.3 Å². The van der Waals surface area contributed by atoms with Gasteiger partial charge in [-0.25, -0.2) is 14.5 Å². The number of pyridine rings is 1. The number of hydrogen-bond donors (Lipinski definition) is 2. The molecule has 0 atom stereocenters. The highest BCUT2D eigenvalue weighted by atomic mass is 19.4. The fraction of sp³-hybridized carbons (Fsp3) is 0.464. The molecule has 0 aliphatic carbocycles. The third-order valence-corrected chi connectivity index (χ3v) is 8.00. The van der Waals surface area contributed by atoms with Gasteiger partial charge in [0.05, 0.1) is 36.3 Å². The van der Waals surface area contributed by atoms with Gasteiger partial charge in [-0.15, -0.1) is 5.10 Å². The zero-order valence-electron chi connectivity index (χ0n) is 23.6. The van der Waals surface area contributed by atoms with Crippen LogP contribution in [0, 0.1) is 5.41 Å². The number of piperazine rings is 1. The number of hydrogen-bond acceptors (Lipinski definition) is 9. The summed E-state index contributed by atoms with van der Waals surface area (Å²) >= 11 is 0. The number of halogens is 3. The lowest BCUT2D eigenvalue weighted by molar-refractivity contribution is -0.137. The highest BCUT2D eigenvalue weighted by Gasteiger charge is 2.50. The average Bonchev–Trinajstić information content (AvgIpc) is 3.32. The number of amides is 2. The Kier molecular flexibility index (Phi) is 7.46. The molecule has 12 nitrogen and oxygen atoms in total. The molecule has 3 aromatic rings. The fourth-order valence-corrected chi connectivity index (χ4v) is 5.74. The lowest BCUT2D eigenvalue weighted by Crippen LogP contribution is -2.66. The summed E-state index contributed by atoms with van der Waals surface area (Å²) in [5, 5.41) is 7.06. The molecule has 3 aromatic heterocycles. The van der Waals surface area contributed by atoms with Gasteiger partial charge in [0.2, 0.25) is 11.8 Å². The van der Waals surface area contributed by atoms with Crippen molar-refractivity contribution in [3.63, 3.8) is 0 Å². The standard InChI is InChI=1S/C28H32F3N9O3/c1-2-3-23(41)34-11-24(42)38-6-4-37(5-7-38)12-18-8-21-26(39-14-27(15-39)16-43-17-27)35-25(36-40(21)13-18)19-10-33-22(32)9-20(19)28(29,30)31/h2-3,8-10,13H,4-7,11-12,14-17H2,1H3,(H2,32,33)(H,34,41)/b3-2-. The first-order valence-electron chi connectivity index (χ1n) is 14.0. The maximum atomic E-state index is 14.0. The molecule has 0 saturated carbocycles. The van der Waals surface area contributed by atoms with Crippen LogP contribution in [-0.4, -0.2) is 100 Å². The predicted octanol–water partition coefficient (Wildman–Crippen LogP) is 1.57. The number of rotatable bonds is 7. The van der Waals surface area contributed by atoms with E-state index < -0.39 is 11.7 Å². The maximum Gasteiger partial charge on any atom is 0.417 e. The molecular weight excluding hydrogens is 567 g/mol. The molecule has 43 heavy (non-hydrogen) atoms. The SMILES string of the molecule is C/C=C\C(=O)NCC(=O)N1CCN(Cc2cc3c(N4CC5(COC5)C4)nc(-c4cnc(N)cc4C(F)(F)F)nn3c2)CC1. The van der Waals surface area contributed by atoms with Crippen LogP contribution in [-0.2, 0) is 27.0 Å². The minimum atomic E-state index is -4.67. The molecule has 228 valence electrons. The van der Waals surface area contributed by atoms with Crippen LogP contribution in [0.2, 0.25) is 0 Å². The summed E-state index contributed by atoms with van der Waals surface area (Å²) in [6, 6.07) is 2.76.